The molecule has 0 fully saturated rings. The van der Waals surface area contributed by atoms with Crippen molar-refractivity contribution < 1.29 is 9.59 Å². The number of urea groups is 1. The quantitative estimate of drug-likeness (QED) is 0.823. The van der Waals surface area contributed by atoms with Crippen LogP contribution < -0.4 is 10.6 Å². The van der Waals surface area contributed by atoms with E-state index in [1.54, 1.807) is 24.3 Å². The number of ketones is 1. The van der Waals surface area contributed by atoms with Gasteiger partial charge in [0.25, 0.3) is 0 Å². The van der Waals surface area contributed by atoms with E-state index in [4.69, 9.17) is 0 Å². The number of nitrogens with zero attached hydrogens (tertiary/aromatic N) is 3. The van der Waals surface area contributed by atoms with Gasteiger partial charge in [0.05, 0.1) is 0 Å². The molecule has 92 valence electrons. The van der Waals surface area contributed by atoms with Crippen LogP contribution in [0.3, 0.4) is 0 Å². The second kappa shape index (κ2) is 5.32. The minimum Gasteiger partial charge on any atom is -0.308 e. The van der Waals surface area contributed by atoms with Gasteiger partial charge >= 0.3 is 6.03 Å². The number of rotatable bonds is 3. The van der Waals surface area contributed by atoms with Crippen molar-refractivity contribution in [2.45, 2.75) is 6.92 Å². The molecule has 0 radical (unpaired) electrons. The van der Waals surface area contributed by atoms with Crippen LogP contribution in [0.4, 0.5) is 15.6 Å². The maximum atomic E-state index is 11.5. The summed E-state index contributed by atoms with van der Waals surface area (Å²) in [6, 6.07) is 6.14. The lowest BCUT2D eigenvalue weighted by Gasteiger charge is -2.05. The first kappa shape index (κ1) is 12.1. The van der Waals surface area contributed by atoms with Gasteiger partial charge in [0.2, 0.25) is 5.13 Å². The molecular formula is C10H9N5O2S. The zero-order valence-electron chi connectivity index (χ0n) is 9.38. The average molecular weight is 263 g/mol. The molecule has 0 saturated heterocycles. The van der Waals surface area contributed by atoms with Crippen molar-refractivity contribution in [3.05, 3.63) is 29.8 Å². The SMILES string of the molecule is CC(=O)c1ccc(NC(=O)Nc2nnns2)cc1. The number of carbonyl (C=O) groups is 2. The monoisotopic (exact) mass is 263 g/mol. The predicted molar refractivity (Wildman–Crippen MR) is 66.8 cm³/mol. The fourth-order valence-electron chi connectivity index (χ4n) is 1.23. The molecule has 2 N–H and O–H groups in total. The third-order valence-electron chi connectivity index (χ3n) is 2.07. The van der Waals surface area contributed by atoms with Crippen molar-refractivity contribution in [2.24, 2.45) is 0 Å². The molecule has 0 unspecified atom stereocenters. The molecule has 8 heteroatoms. The molecule has 7 nitrogen and oxygen atoms in total. The van der Waals surface area contributed by atoms with Crippen LogP contribution >= 0.6 is 11.5 Å². The van der Waals surface area contributed by atoms with E-state index < -0.39 is 6.03 Å². The van der Waals surface area contributed by atoms with Crippen LogP contribution in [0, 0.1) is 0 Å². The Balaban J connectivity index is 1.97. The largest absolute Gasteiger partial charge is 0.325 e. The number of Topliss-reactive ketones (excluding diaryl/α,β-unsaturated/α-hetero) is 1. The number of amides is 2. The summed E-state index contributed by atoms with van der Waals surface area (Å²) in [5.41, 5.74) is 1.17. The Labute approximate surface area is 106 Å². The number of anilines is 2. The molecule has 0 aliphatic rings. The molecule has 0 saturated carbocycles. The average Bonchev–Trinajstić information content (AvgIpc) is 2.82. The van der Waals surface area contributed by atoms with Crippen molar-refractivity contribution in [3.63, 3.8) is 0 Å². The molecule has 0 aliphatic heterocycles. The molecule has 0 aliphatic carbocycles. The van der Waals surface area contributed by atoms with Crippen molar-refractivity contribution in [2.75, 3.05) is 10.6 Å². The highest BCUT2D eigenvalue weighted by atomic mass is 32.1. The van der Waals surface area contributed by atoms with E-state index in [-0.39, 0.29) is 5.78 Å². The zero-order valence-corrected chi connectivity index (χ0v) is 10.2. The topological polar surface area (TPSA) is 96.9 Å². The standard InChI is InChI=1S/C10H9N5O2S/c1-6(16)7-2-4-8(5-3-7)11-9(17)12-10-13-14-15-18-10/h2-5H,1H3,(H2,11,12,13,15,17). The summed E-state index contributed by atoms with van der Waals surface area (Å²) in [4.78, 5) is 22.6. The normalized spacial score (nSPS) is 9.83. The summed E-state index contributed by atoms with van der Waals surface area (Å²) in [5.74, 6) is -0.0223. The Bertz CT molecular complexity index is 552. The van der Waals surface area contributed by atoms with Gasteiger partial charge in [-0.15, -0.1) is 0 Å². The van der Waals surface area contributed by atoms with Gasteiger partial charge < -0.3 is 5.32 Å². The summed E-state index contributed by atoms with van der Waals surface area (Å²) in [6.07, 6.45) is 0. The first-order chi connectivity index (χ1) is 8.65. The lowest BCUT2D eigenvalue weighted by Crippen LogP contribution is -2.19. The molecular weight excluding hydrogens is 254 g/mol. The van der Waals surface area contributed by atoms with Crippen LogP contribution in [-0.2, 0) is 0 Å². The lowest BCUT2D eigenvalue weighted by molar-refractivity contribution is 0.101. The van der Waals surface area contributed by atoms with Crippen molar-refractivity contribution in [3.8, 4) is 0 Å². The Morgan fingerprint density at radius 2 is 1.89 bits per heavy atom. The highest BCUT2D eigenvalue weighted by Gasteiger charge is 2.06. The predicted octanol–water partition coefficient (Wildman–Crippen LogP) is 1.78. The van der Waals surface area contributed by atoms with E-state index in [1.165, 1.54) is 6.92 Å². The summed E-state index contributed by atoms with van der Waals surface area (Å²) in [6.45, 7) is 1.48. The Kier molecular flexibility index (Phi) is 3.58. The van der Waals surface area contributed by atoms with E-state index in [0.717, 1.165) is 11.5 Å². The number of hydrogen-bond acceptors (Lipinski definition) is 6. The van der Waals surface area contributed by atoms with E-state index in [0.29, 0.717) is 16.4 Å². The van der Waals surface area contributed by atoms with Gasteiger partial charge in [-0.05, 0) is 36.4 Å². The van der Waals surface area contributed by atoms with Crippen LogP contribution in [0.5, 0.6) is 0 Å². The fourth-order valence-corrected chi connectivity index (χ4v) is 1.59. The van der Waals surface area contributed by atoms with Gasteiger partial charge in [0.1, 0.15) is 0 Å². The van der Waals surface area contributed by atoms with Crippen molar-refractivity contribution in [1.82, 2.24) is 14.8 Å². The van der Waals surface area contributed by atoms with Gasteiger partial charge in [-0.25, -0.2) is 4.79 Å². The molecule has 1 heterocycles. The molecule has 18 heavy (non-hydrogen) atoms. The number of hydrogen-bond donors (Lipinski definition) is 2. The van der Waals surface area contributed by atoms with Gasteiger partial charge in [0, 0.05) is 22.8 Å². The van der Waals surface area contributed by atoms with E-state index in [1.807, 2.05) is 0 Å². The molecule has 2 amide bonds. The third-order valence-corrected chi connectivity index (χ3v) is 2.58. The maximum absolute atomic E-state index is 11.5. The van der Waals surface area contributed by atoms with E-state index in [2.05, 4.69) is 25.4 Å². The first-order valence-corrected chi connectivity index (χ1v) is 5.76. The highest BCUT2D eigenvalue weighted by molar-refractivity contribution is 7.09. The number of nitrogens with one attached hydrogen (secondary N) is 2. The molecule has 2 aromatic rings. The first-order valence-electron chi connectivity index (χ1n) is 4.99. The Hall–Kier alpha value is -2.35. The minimum absolute atomic E-state index is 0.0223. The zero-order chi connectivity index (χ0) is 13.0. The molecule has 0 spiro atoms. The van der Waals surface area contributed by atoms with Crippen LogP contribution in [0.25, 0.3) is 0 Å². The van der Waals surface area contributed by atoms with Crippen molar-refractivity contribution in [1.29, 1.82) is 0 Å². The molecule has 1 aromatic heterocycles. The Morgan fingerprint density at radius 1 is 1.17 bits per heavy atom. The van der Waals surface area contributed by atoms with Gasteiger partial charge in [-0.3, -0.25) is 10.1 Å². The lowest BCUT2D eigenvalue weighted by atomic mass is 10.1. The summed E-state index contributed by atoms with van der Waals surface area (Å²) in [7, 11) is 0. The minimum atomic E-state index is -0.441. The van der Waals surface area contributed by atoms with Gasteiger partial charge in [-0.1, -0.05) is 9.59 Å². The van der Waals surface area contributed by atoms with E-state index >= 15 is 0 Å². The number of benzene rings is 1. The Morgan fingerprint density at radius 3 is 2.44 bits per heavy atom. The summed E-state index contributed by atoms with van der Waals surface area (Å²) in [5, 5.41) is 12.3. The highest BCUT2D eigenvalue weighted by Crippen LogP contribution is 2.11. The molecule has 1 aromatic carbocycles. The summed E-state index contributed by atoms with van der Waals surface area (Å²) >= 11 is 0.979. The molecule has 0 bridgehead atoms. The second-order valence-electron chi connectivity index (χ2n) is 3.38. The second-order valence-corrected chi connectivity index (χ2v) is 4.11. The maximum Gasteiger partial charge on any atom is 0.325 e. The van der Waals surface area contributed by atoms with Crippen molar-refractivity contribution >= 4 is 34.2 Å². The number of aromatic nitrogens is 3. The van der Waals surface area contributed by atoms with Gasteiger partial charge in [0.15, 0.2) is 5.78 Å². The van der Waals surface area contributed by atoms with Crippen LogP contribution in [0.1, 0.15) is 17.3 Å². The smallest absolute Gasteiger partial charge is 0.308 e. The molecule has 0 atom stereocenters. The third kappa shape index (κ3) is 3.08. The molecule has 2 rings (SSSR count). The van der Waals surface area contributed by atoms with Crippen LogP contribution in [0.15, 0.2) is 24.3 Å². The fraction of sp³-hybridized carbons (Fsp3) is 0.100. The van der Waals surface area contributed by atoms with E-state index in [9.17, 15) is 9.59 Å². The summed E-state index contributed by atoms with van der Waals surface area (Å²) < 4.78 is 3.51. The van der Waals surface area contributed by atoms with Crippen LogP contribution in [-0.4, -0.2) is 26.6 Å². The van der Waals surface area contributed by atoms with Crippen LogP contribution in [0.2, 0.25) is 0 Å². The van der Waals surface area contributed by atoms with Gasteiger partial charge in [-0.2, -0.15) is 0 Å². The number of carbonyl (C=O) groups excluding carboxylic acids is 2.